The number of nitrogens with one attached hydrogen (secondary N) is 2. The second-order valence-corrected chi connectivity index (χ2v) is 3.37. The van der Waals surface area contributed by atoms with E-state index in [9.17, 15) is 0 Å². The molecular weight excluding hydrogens is 204 g/mol. The number of aromatic amines is 1. The molecule has 1 unspecified atom stereocenters. The lowest BCUT2D eigenvalue weighted by atomic mass is 10.1. The molecule has 0 aliphatic heterocycles. The smallest absolute Gasteiger partial charge is 0.146 e. The Morgan fingerprint density at radius 2 is 2.44 bits per heavy atom. The normalized spacial score (nSPS) is 12.6. The molecule has 6 nitrogen and oxygen atoms in total. The molecule has 0 spiro atoms. The largest absolute Gasteiger partial charge is 0.398 e. The fourth-order valence-corrected chi connectivity index (χ4v) is 1.57. The zero-order valence-electron chi connectivity index (χ0n) is 9.01. The minimum Gasteiger partial charge on any atom is -0.398 e. The van der Waals surface area contributed by atoms with E-state index in [1.807, 2.05) is 6.92 Å². The molecule has 84 valence electrons. The van der Waals surface area contributed by atoms with Gasteiger partial charge in [0.15, 0.2) is 0 Å². The first-order chi connectivity index (χ1) is 7.83. The van der Waals surface area contributed by atoms with Crippen LogP contribution in [0.1, 0.15) is 24.4 Å². The Morgan fingerprint density at radius 1 is 1.56 bits per heavy atom. The lowest BCUT2D eigenvalue weighted by Crippen LogP contribution is -2.24. The summed E-state index contributed by atoms with van der Waals surface area (Å²) in [5.74, 6) is 0.738. The number of nitrogen functional groups attached to an aromatic ring is 1. The van der Waals surface area contributed by atoms with Crippen LogP contribution in [0.15, 0.2) is 24.8 Å². The van der Waals surface area contributed by atoms with Crippen LogP contribution in [0.5, 0.6) is 0 Å². The van der Waals surface area contributed by atoms with Gasteiger partial charge in [0.25, 0.3) is 0 Å². The summed E-state index contributed by atoms with van der Waals surface area (Å²) < 4.78 is 0. The number of nitrogens with zero attached hydrogens (tertiary/aromatic N) is 3. The first-order valence-electron chi connectivity index (χ1n) is 5.11. The molecule has 0 amide bonds. The molecule has 2 aromatic rings. The monoisotopic (exact) mass is 218 g/mol. The molecule has 16 heavy (non-hydrogen) atoms. The van der Waals surface area contributed by atoms with Crippen molar-refractivity contribution in [1.82, 2.24) is 25.5 Å². The molecule has 2 aromatic heterocycles. The van der Waals surface area contributed by atoms with Crippen LogP contribution in [0.25, 0.3) is 0 Å². The van der Waals surface area contributed by atoms with E-state index in [1.54, 1.807) is 18.5 Å². The highest BCUT2D eigenvalue weighted by Crippen LogP contribution is 2.22. The first kappa shape index (κ1) is 10.6. The minimum atomic E-state index is -0.0961. The molecule has 0 saturated carbocycles. The third-order valence-corrected chi connectivity index (χ3v) is 2.31. The van der Waals surface area contributed by atoms with Gasteiger partial charge in [-0.15, -0.1) is 0 Å². The molecule has 0 fully saturated rings. The second-order valence-electron chi connectivity index (χ2n) is 3.37. The summed E-state index contributed by atoms with van der Waals surface area (Å²) >= 11 is 0. The van der Waals surface area contributed by atoms with Crippen molar-refractivity contribution in [3.8, 4) is 0 Å². The van der Waals surface area contributed by atoms with E-state index in [1.165, 1.54) is 6.33 Å². The summed E-state index contributed by atoms with van der Waals surface area (Å²) in [7, 11) is 0. The van der Waals surface area contributed by atoms with Crippen LogP contribution in [0.2, 0.25) is 0 Å². The van der Waals surface area contributed by atoms with Crippen molar-refractivity contribution in [1.29, 1.82) is 0 Å². The predicted octanol–water partition coefficient (Wildman–Crippen LogP) is 0.481. The molecule has 0 aliphatic rings. The van der Waals surface area contributed by atoms with E-state index >= 15 is 0 Å². The molecular formula is C10H14N6. The number of nitrogens with two attached hydrogens (primary N) is 1. The predicted molar refractivity (Wildman–Crippen MR) is 60.6 cm³/mol. The van der Waals surface area contributed by atoms with E-state index in [-0.39, 0.29) is 6.04 Å². The average Bonchev–Trinajstić information content (AvgIpc) is 2.80. The van der Waals surface area contributed by atoms with Gasteiger partial charge >= 0.3 is 0 Å². The van der Waals surface area contributed by atoms with Crippen LogP contribution in [0, 0.1) is 0 Å². The Balaban J connectivity index is 2.37. The fraction of sp³-hybridized carbons (Fsp3) is 0.300. The van der Waals surface area contributed by atoms with Crippen LogP contribution < -0.4 is 11.1 Å². The van der Waals surface area contributed by atoms with Gasteiger partial charge < -0.3 is 11.1 Å². The minimum absolute atomic E-state index is 0.0961. The van der Waals surface area contributed by atoms with E-state index in [0.717, 1.165) is 17.9 Å². The molecule has 0 radical (unpaired) electrons. The maximum atomic E-state index is 5.92. The molecule has 2 heterocycles. The quantitative estimate of drug-likeness (QED) is 0.694. The topological polar surface area (TPSA) is 92.5 Å². The maximum Gasteiger partial charge on any atom is 0.146 e. The van der Waals surface area contributed by atoms with E-state index in [4.69, 9.17) is 5.73 Å². The molecule has 0 bridgehead atoms. The number of hydrogen-bond acceptors (Lipinski definition) is 5. The number of pyridine rings is 1. The lowest BCUT2D eigenvalue weighted by molar-refractivity contribution is 0.599. The Labute approximate surface area is 93.3 Å². The number of rotatable bonds is 4. The zero-order chi connectivity index (χ0) is 11.4. The summed E-state index contributed by atoms with van der Waals surface area (Å²) in [5, 5.41) is 9.97. The summed E-state index contributed by atoms with van der Waals surface area (Å²) in [6, 6.07) is 1.68. The highest BCUT2D eigenvalue weighted by Gasteiger charge is 2.18. The summed E-state index contributed by atoms with van der Waals surface area (Å²) in [6.45, 7) is 2.83. The van der Waals surface area contributed by atoms with Crippen LogP contribution in [0.3, 0.4) is 0 Å². The fourth-order valence-electron chi connectivity index (χ4n) is 1.57. The van der Waals surface area contributed by atoms with Gasteiger partial charge in [0.2, 0.25) is 0 Å². The highest BCUT2D eigenvalue weighted by atomic mass is 15.2. The van der Waals surface area contributed by atoms with Crippen LogP contribution >= 0.6 is 0 Å². The number of aromatic nitrogens is 4. The summed E-state index contributed by atoms with van der Waals surface area (Å²) in [6.07, 6.45) is 4.89. The molecule has 6 heteroatoms. The van der Waals surface area contributed by atoms with Crippen LogP contribution in [0.4, 0.5) is 5.69 Å². The van der Waals surface area contributed by atoms with E-state index < -0.39 is 0 Å². The van der Waals surface area contributed by atoms with Crippen molar-refractivity contribution in [2.24, 2.45) is 0 Å². The second kappa shape index (κ2) is 4.71. The van der Waals surface area contributed by atoms with Crippen LogP contribution in [-0.2, 0) is 0 Å². The molecule has 4 N–H and O–H groups in total. The highest BCUT2D eigenvalue weighted by molar-refractivity contribution is 5.47. The standard InChI is InChI=1S/C10H14N6/c1-2-13-9(10-14-6-15-16-10)7-5-12-4-3-8(7)11/h3-6,9,13H,2H2,1H3,(H2,11,12)(H,14,15,16). The lowest BCUT2D eigenvalue weighted by Gasteiger charge is -2.16. The SMILES string of the molecule is CCNC(c1ncn[nH]1)c1cnccc1N. The summed E-state index contributed by atoms with van der Waals surface area (Å²) in [4.78, 5) is 8.22. The Kier molecular flexibility index (Phi) is 3.11. The van der Waals surface area contributed by atoms with Gasteiger partial charge in [-0.05, 0) is 12.6 Å². The molecule has 0 aliphatic carbocycles. The Bertz CT molecular complexity index is 438. The van der Waals surface area contributed by atoms with Crippen molar-refractivity contribution >= 4 is 5.69 Å². The van der Waals surface area contributed by atoms with E-state index in [0.29, 0.717) is 5.69 Å². The van der Waals surface area contributed by atoms with Crippen LogP contribution in [-0.4, -0.2) is 26.7 Å². The number of anilines is 1. The molecule has 2 rings (SSSR count). The van der Waals surface area contributed by atoms with Gasteiger partial charge in [0.05, 0.1) is 6.04 Å². The third kappa shape index (κ3) is 2.01. The average molecular weight is 218 g/mol. The van der Waals surface area contributed by atoms with Gasteiger partial charge in [-0.1, -0.05) is 6.92 Å². The Morgan fingerprint density at radius 3 is 3.06 bits per heavy atom. The van der Waals surface area contributed by atoms with Gasteiger partial charge in [-0.3, -0.25) is 10.1 Å². The number of hydrogen-bond donors (Lipinski definition) is 3. The first-order valence-corrected chi connectivity index (χ1v) is 5.11. The third-order valence-electron chi connectivity index (χ3n) is 2.31. The zero-order valence-corrected chi connectivity index (χ0v) is 9.01. The van der Waals surface area contributed by atoms with E-state index in [2.05, 4.69) is 25.5 Å². The summed E-state index contributed by atoms with van der Waals surface area (Å²) in [5.41, 5.74) is 7.51. The molecule has 1 atom stereocenters. The maximum absolute atomic E-state index is 5.92. The van der Waals surface area contributed by atoms with Crippen molar-refractivity contribution < 1.29 is 0 Å². The van der Waals surface area contributed by atoms with Crippen molar-refractivity contribution in [3.63, 3.8) is 0 Å². The Hall–Kier alpha value is -1.95. The van der Waals surface area contributed by atoms with Gasteiger partial charge in [0, 0.05) is 23.6 Å². The van der Waals surface area contributed by atoms with Crippen molar-refractivity contribution in [2.75, 3.05) is 12.3 Å². The molecule has 0 saturated heterocycles. The molecule has 0 aromatic carbocycles. The van der Waals surface area contributed by atoms with Gasteiger partial charge in [-0.25, -0.2) is 4.98 Å². The van der Waals surface area contributed by atoms with Crippen molar-refractivity contribution in [2.45, 2.75) is 13.0 Å². The van der Waals surface area contributed by atoms with Crippen molar-refractivity contribution in [3.05, 3.63) is 36.2 Å². The van der Waals surface area contributed by atoms with Gasteiger partial charge in [0.1, 0.15) is 12.2 Å². The van der Waals surface area contributed by atoms with Gasteiger partial charge in [-0.2, -0.15) is 5.10 Å². The number of H-pyrrole nitrogens is 1.